The van der Waals surface area contributed by atoms with Gasteiger partial charge in [-0.15, -0.1) is 0 Å². The van der Waals surface area contributed by atoms with E-state index in [9.17, 15) is 14.4 Å². The van der Waals surface area contributed by atoms with Crippen molar-refractivity contribution in [1.82, 2.24) is 5.01 Å². The normalized spacial score (nSPS) is 20.2. The first-order chi connectivity index (χ1) is 14.0. The van der Waals surface area contributed by atoms with Gasteiger partial charge in [-0.3, -0.25) is 19.4 Å². The maximum atomic E-state index is 12.9. The fraction of sp³-hybridized carbons (Fsp3) is 0.211. The van der Waals surface area contributed by atoms with Crippen molar-refractivity contribution in [2.75, 3.05) is 23.9 Å². The van der Waals surface area contributed by atoms with Crippen LogP contribution in [0.5, 0.6) is 5.75 Å². The van der Waals surface area contributed by atoms with Crippen molar-refractivity contribution in [1.29, 1.82) is 0 Å². The van der Waals surface area contributed by atoms with Gasteiger partial charge in [0.2, 0.25) is 5.91 Å². The zero-order valence-corrected chi connectivity index (χ0v) is 16.0. The van der Waals surface area contributed by atoms with Crippen molar-refractivity contribution in [3.63, 3.8) is 0 Å². The van der Waals surface area contributed by atoms with Crippen molar-refractivity contribution in [3.8, 4) is 5.75 Å². The van der Waals surface area contributed by atoms with Crippen LogP contribution in [0.4, 0.5) is 11.4 Å². The molecule has 4 rings (SSSR count). The van der Waals surface area contributed by atoms with E-state index in [0.29, 0.717) is 22.1 Å². The van der Waals surface area contributed by atoms with E-state index in [1.54, 1.807) is 49.6 Å². The molecule has 2 aliphatic rings. The van der Waals surface area contributed by atoms with E-state index in [-0.39, 0.29) is 6.54 Å². The summed E-state index contributed by atoms with van der Waals surface area (Å²) in [6, 6.07) is 11.3. The molecule has 0 bridgehead atoms. The minimum absolute atomic E-state index is 0.223. The lowest BCUT2D eigenvalue weighted by molar-refractivity contribution is -0.123. The number of halogens is 1. The summed E-state index contributed by atoms with van der Waals surface area (Å²) in [4.78, 5) is 39.0. The van der Waals surface area contributed by atoms with Crippen LogP contribution in [0, 0.1) is 0 Å². The number of hydrogen-bond acceptors (Lipinski definition) is 7. The molecule has 1 fully saturated rings. The number of amides is 3. The maximum absolute atomic E-state index is 12.9. The summed E-state index contributed by atoms with van der Waals surface area (Å²) in [5.41, 5.74) is 0.928. The van der Waals surface area contributed by atoms with Gasteiger partial charge in [-0.1, -0.05) is 22.9 Å². The highest BCUT2D eigenvalue weighted by molar-refractivity contribution is 6.31. The smallest absolute Gasteiger partial charge is 0.263 e. The topological polar surface area (TPSA) is 104 Å². The van der Waals surface area contributed by atoms with Crippen molar-refractivity contribution in [3.05, 3.63) is 53.6 Å². The summed E-state index contributed by atoms with van der Waals surface area (Å²) in [6.45, 7) is -0.223. The van der Waals surface area contributed by atoms with Gasteiger partial charge in [0.15, 0.2) is 12.1 Å². The van der Waals surface area contributed by atoms with E-state index in [1.165, 1.54) is 11.1 Å². The number of benzene rings is 2. The lowest BCUT2D eigenvalue weighted by atomic mass is 10.1. The number of carbonyl (C=O) groups excluding carboxylic acids is 3. The number of nitrogens with one attached hydrogen (secondary N) is 1. The van der Waals surface area contributed by atoms with Crippen molar-refractivity contribution >= 4 is 40.7 Å². The van der Waals surface area contributed by atoms with Gasteiger partial charge >= 0.3 is 0 Å². The van der Waals surface area contributed by atoms with Crippen LogP contribution in [0.25, 0.3) is 0 Å². The average Bonchev–Trinajstić information content (AvgIpc) is 3.22. The van der Waals surface area contributed by atoms with E-state index in [0.717, 1.165) is 4.90 Å². The second-order valence-corrected chi connectivity index (χ2v) is 6.90. The van der Waals surface area contributed by atoms with Crippen molar-refractivity contribution in [2.24, 2.45) is 10.3 Å². The third-order valence-electron chi connectivity index (χ3n) is 4.60. The van der Waals surface area contributed by atoms with Crippen LogP contribution in [0.15, 0.2) is 58.9 Å². The molecule has 0 aliphatic carbocycles. The Balaban J connectivity index is 1.46. The number of anilines is 2. The molecule has 10 heteroatoms. The Morgan fingerprint density at radius 3 is 2.62 bits per heavy atom. The predicted molar refractivity (Wildman–Crippen MR) is 105 cm³/mol. The highest BCUT2D eigenvalue weighted by Crippen LogP contribution is 2.32. The fourth-order valence-corrected chi connectivity index (χ4v) is 3.43. The quantitative estimate of drug-likeness (QED) is 0.757. The Bertz CT molecular complexity index is 1010. The monoisotopic (exact) mass is 413 g/mol. The first-order valence-electron chi connectivity index (χ1n) is 8.72. The molecule has 1 N–H and O–H groups in total. The number of hydrogen-bond donors (Lipinski definition) is 1. The SMILES string of the molecule is COc1ccc(NC(=O)CN2N=N[C@@H]3C(=O)N(c4cccc(Cl)c4)C(=O)[C@@H]32)cc1. The molecule has 0 aromatic heterocycles. The van der Waals surface area contributed by atoms with Crippen LogP contribution in [0.3, 0.4) is 0 Å². The van der Waals surface area contributed by atoms with Gasteiger partial charge in [0.25, 0.3) is 11.8 Å². The summed E-state index contributed by atoms with van der Waals surface area (Å²) in [5, 5.41) is 12.1. The molecular weight excluding hydrogens is 398 g/mol. The van der Waals surface area contributed by atoms with Gasteiger partial charge in [0, 0.05) is 10.7 Å². The molecule has 2 atom stereocenters. The van der Waals surface area contributed by atoms with Crippen LogP contribution in [0.2, 0.25) is 5.02 Å². The molecule has 0 radical (unpaired) electrons. The van der Waals surface area contributed by atoms with Crippen LogP contribution in [-0.4, -0.2) is 48.5 Å². The molecule has 2 heterocycles. The number of imide groups is 1. The molecule has 148 valence electrons. The Hall–Kier alpha value is -3.46. The van der Waals surface area contributed by atoms with Gasteiger partial charge in [0.1, 0.15) is 12.3 Å². The number of carbonyl (C=O) groups is 3. The number of ether oxygens (including phenoxy) is 1. The summed E-state index contributed by atoms with van der Waals surface area (Å²) < 4.78 is 5.07. The number of methoxy groups -OCH3 is 1. The minimum atomic E-state index is -0.977. The van der Waals surface area contributed by atoms with E-state index in [1.807, 2.05) is 0 Å². The first kappa shape index (κ1) is 18.9. The van der Waals surface area contributed by atoms with Crippen molar-refractivity contribution in [2.45, 2.75) is 12.1 Å². The lowest BCUT2D eigenvalue weighted by Gasteiger charge is -2.20. The van der Waals surface area contributed by atoms with Crippen LogP contribution in [0.1, 0.15) is 0 Å². The second kappa shape index (κ2) is 7.51. The Morgan fingerprint density at radius 2 is 1.93 bits per heavy atom. The highest BCUT2D eigenvalue weighted by atomic mass is 35.5. The van der Waals surface area contributed by atoms with Gasteiger partial charge in [-0.05, 0) is 42.5 Å². The number of fused-ring (bicyclic) bond motifs is 1. The molecule has 29 heavy (non-hydrogen) atoms. The van der Waals surface area contributed by atoms with E-state index in [2.05, 4.69) is 15.7 Å². The Morgan fingerprint density at radius 1 is 1.17 bits per heavy atom. The van der Waals surface area contributed by atoms with Gasteiger partial charge in [-0.2, -0.15) is 5.11 Å². The summed E-state index contributed by atoms with van der Waals surface area (Å²) in [5.74, 6) is -0.722. The molecule has 0 saturated carbocycles. The number of rotatable bonds is 5. The van der Waals surface area contributed by atoms with Gasteiger partial charge in [0.05, 0.1) is 12.8 Å². The van der Waals surface area contributed by atoms with Crippen molar-refractivity contribution < 1.29 is 19.1 Å². The third kappa shape index (κ3) is 3.52. The summed E-state index contributed by atoms with van der Waals surface area (Å²) >= 11 is 5.97. The molecule has 2 aromatic rings. The van der Waals surface area contributed by atoms with E-state index >= 15 is 0 Å². The minimum Gasteiger partial charge on any atom is -0.497 e. The molecule has 1 saturated heterocycles. The Labute approximate surface area is 170 Å². The van der Waals surface area contributed by atoms with Gasteiger partial charge in [-0.25, -0.2) is 4.90 Å². The Kier molecular flexibility index (Phi) is 4.89. The summed E-state index contributed by atoms with van der Waals surface area (Å²) in [6.07, 6.45) is 0. The molecule has 3 amide bonds. The van der Waals surface area contributed by atoms with Crippen LogP contribution >= 0.6 is 11.6 Å². The fourth-order valence-electron chi connectivity index (χ4n) is 3.25. The third-order valence-corrected chi connectivity index (χ3v) is 4.84. The second-order valence-electron chi connectivity index (χ2n) is 6.46. The largest absolute Gasteiger partial charge is 0.497 e. The first-order valence-corrected chi connectivity index (χ1v) is 9.10. The zero-order chi connectivity index (χ0) is 20.5. The molecule has 2 aliphatic heterocycles. The number of nitrogens with zero attached hydrogens (tertiary/aromatic N) is 4. The molecule has 0 unspecified atom stereocenters. The van der Waals surface area contributed by atoms with E-state index < -0.39 is 29.8 Å². The van der Waals surface area contributed by atoms with Crippen LogP contribution < -0.4 is 15.0 Å². The predicted octanol–water partition coefficient (Wildman–Crippen LogP) is 2.28. The van der Waals surface area contributed by atoms with Gasteiger partial charge < -0.3 is 10.1 Å². The average molecular weight is 414 g/mol. The standard InChI is InChI=1S/C19H16ClN5O4/c1-29-14-7-5-12(6-8-14)21-15(26)10-24-17-16(22-23-24)18(27)25(19(17)28)13-4-2-3-11(20)9-13/h2-9,16-17H,10H2,1H3,(H,21,26)/t16-,17+/m0/s1. The molecule has 2 aromatic carbocycles. The summed E-state index contributed by atoms with van der Waals surface area (Å²) in [7, 11) is 1.55. The van der Waals surface area contributed by atoms with E-state index in [4.69, 9.17) is 16.3 Å². The molecular formula is C19H16ClN5O4. The molecule has 9 nitrogen and oxygen atoms in total. The molecule has 0 spiro atoms. The highest BCUT2D eigenvalue weighted by Gasteiger charge is 2.55. The maximum Gasteiger partial charge on any atom is 0.263 e. The lowest BCUT2D eigenvalue weighted by Crippen LogP contribution is -2.43. The van der Waals surface area contributed by atoms with Crippen LogP contribution in [-0.2, 0) is 14.4 Å². The zero-order valence-electron chi connectivity index (χ0n) is 15.3.